The zero-order chi connectivity index (χ0) is 22.1. The molecule has 3 N–H and O–H groups in total. The second kappa shape index (κ2) is 10.9. The van der Waals surface area contributed by atoms with Gasteiger partial charge in [0, 0.05) is 36.1 Å². The van der Waals surface area contributed by atoms with E-state index in [2.05, 4.69) is 16.2 Å². The second-order valence-electron chi connectivity index (χ2n) is 5.90. The minimum absolute atomic E-state index is 0.107. The average Bonchev–Trinajstić information content (AvgIpc) is 2.71. The number of hydrogen-bond donors (Lipinski definition) is 3. The van der Waals surface area contributed by atoms with Gasteiger partial charge in [-0.3, -0.25) is 35.3 Å². The summed E-state index contributed by atoms with van der Waals surface area (Å²) >= 11 is 11.7. The van der Waals surface area contributed by atoms with Crippen LogP contribution in [0, 0.1) is 10.1 Å². The predicted octanol–water partition coefficient (Wildman–Crippen LogP) is 3.48. The van der Waals surface area contributed by atoms with Gasteiger partial charge in [-0.25, -0.2) is 0 Å². The molecule has 2 aromatic rings. The second-order valence-corrected chi connectivity index (χ2v) is 6.74. The molecule has 0 aliphatic carbocycles. The van der Waals surface area contributed by atoms with E-state index < -0.39 is 22.6 Å². The molecule has 3 amide bonds. The maximum Gasteiger partial charge on any atom is 0.270 e. The molecule has 0 saturated heterocycles. The van der Waals surface area contributed by atoms with Crippen LogP contribution in [0.5, 0.6) is 0 Å². The Kier molecular flexibility index (Phi) is 8.33. The number of nitro groups is 1. The molecule has 0 unspecified atom stereocenters. The topological polar surface area (TPSA) is 130 Å². The molecule has 0 saturated carbocycles. The van der Waals surface area contributed by atoms with Gasteiger partial charge >= 0.3 is 0 Å². The van der Waals surface area contributed by atoms with Crippen molar-refractivity contribution in [2.75, 3.05) is 5.32 Å². The van der Waals surface area contributed by atoms with E-state index in [1.807, 2.05) is 0 Å². The van der Waals surface area contributed by atoms with E-state index >= 15 is 0 Å². The van der Waals surface area contributed by atoms with Gasteiger partial charge in [-0.15, -0.1) is 0 Å². The quantitative estimate of drug-likeness (QED) is 0.337. The van der Waals surface area contributed by atoms with E-state index in [1.165, 1.54) is 36.4 Å². The average molecular weight is 451 g/mol. The molecule has 2 rings (SSSR count). The molecule has 9 nitrogen and oxygen atoms in total. The molecule has 156 valence electrons. The highest BCUT2D eigenvalue weighted by Gasteiger charge is 2.10. The molecular weight excluding hydrogens is 435 g/mol. The lowest BCUT2D eigenvalue weighted by atomic mass is 10.2. The minimum atomic E-state index is -0.646. The minimum Gasteiger partial charge on any atom is -0.325 e. The normalized spacial score (nSPS) is 10.5. The number of nitrogens with one attached hydrogen (secondary N) is 3. The summed E-state index contributed by atoms with van der Waals surface area (Å²) in [6.07, 6.45) is 2.16. The molecule has 2 aromatic carbocycles. The fourth-order valence-electron chi connectivity index (χ4n) is 2.18. The Labute approximate surface area is 181 Å². The van der Waals surface area contributed by atoms with Gasteiger partial charge in [0.05, 0.1) is 15.6 Å². The Morgan fingerprint density at radius 1 is 1.00 bits per heavy atom. The van der Waals surface area contributed by atoms with Crippen molar-refractivity contribution < 1.29 is 19.3 Å². The lowest BCUT2D eigenvalue weighted by molar-refractivity contribution is -0.384. The third-order valence-corrected chi connectivity index (χ3v) is 4.17. The molecule has 0 radical (unpaired) electrons. The molecule has 30 heavy (non-hydrogen) atoms. The summed E-state index contributed by atoms with van der Waals surface area (Å²) in [7, 11) is 0. The summed E-state index contributed by atoms with van der Waals surface area (Å²) in [6.45, 7) is 0. The van der Waals surface area contributed by atoms with Gasteiger partial charge in [0.25, 0.3) is 11.6 Å². The maximum atomic E-state index is 11.9. The molecule has 0 bridgehead atoms. The number of nitro benzene ring substituents is 1. The SMILES string of the molecule is O=C(/C=C/c1cccc([N+](=O)[O-])c1)NNC(=O)CCC(=O)Nc1ccc(Cl)cc1Cl. The summed E-state index contributed by atoms with van der Waals surface area (Å²) in [5.74, 6) is -1.66. The van der Waals surface area contributed by atoms with E-state index in [4.69, 9.17) is 23.2 Å². The van der Waals surface area contributed by atoms with Crippen molar-refractivity contribution in [3.63, 3.8) is 0 Å². The largest absolute Gasteiger partial charge is 0.325 e. The van der Waals surface area contributed by atoms with Crippen molar-refractivity contribution >= 4 is 58.4 Å². The maximum absolute atomic E-state index is 11.9. The first kappa shape index (κ1) is 22.9. The van der Waals surface area contributed by atoms with Crippen LogP contribution in [-0.4, -0.2) is 22.6 Å². The van der Waals surface area contributed by atoms with Crippen molar-refractivity contribution in [1.29, 1.82) is 0 Å². The summed E-state index contributed by atoms with van der Waals surface area (Å²) in [4.78, 5) is 45.6. The van der Waals surface area contributed by atoms with E-state index in [1.54, 1.807) is 12.1 Å². The van der Waals surface area contributed by atoms with Crippen LogP contribution in [-0.2, 0) is 14.4 Å². The number of nitrogens with zero attached hydrogens (tertiary/aromatic N) is 1. The summed E-state index contributed by atoms with van der Waals surface area (Å²) in [6, 6.07) is 10.3. The van der Waals surface area contributed by atoms with Gasteiger partial charge in [-0.05, 0) is 29.8 Å². The predicted molar refractivity (Wildman–Crippen MR) is 113 cm³/mol. The van der Waals surface area contributed by atoms with E-state index in [-0.39, 0.29) is 23.6 Å². The number of amides is 3. The van der Waals surface area contributed by atoms with E-state index in [0.29, 0.717) is 16.3 Å². The van der Waals surface area contributed by atoms with Gasteiger partial charge in [-0.1, -0.05) is 35.3 Å². The summed E-state index contributed by atoms with van der Waals surface area (Å²) < 4.78 is 0. The molecule has 0 fully saturated rings. The molecule has 0 aromatic heterocycles. The van der Waals surface area contributed by atoms with Crippen LogP contribution in [0.15, 0.2) is 48.5 Å². The fourth-order valence-corrected chi connectivity index (χ4v) is 2.64. The van der Waals surface area contributed by atoms with Gasteiger partial charge in [-0.2, -0.15) is 0 Å². The third kappa shape index (κ3) is 7.53. The zero-order valence-corrected chi connectivity index (χ0v) is 16.9. The van der Waals surface area contributed by atoms with Crippen LogP contribution < -0.4 is 16.2 Å². The van der Waals surface area contributed by atoms with Gasteiger partial charge < -0.3 is 5.32 Å². The Balaban J connectivity index is 1.74. The van der Waals surface area contributed by atoms with Crippen LogP contribution in [0.1, 0.15) is 18.4 Å². The number of non-ortho nitro benzene ring substituents is 1. The first-order valence-corrected chi connectivity index (χ1v) is 9.26. The standard InChI is InChI=1S/C19H16Cl2N4O5/c20-13-5-6-16(15(21)11-13)22-17(26)8-9-19(28)24-23-18(27)7-4-12-2-1-3-14(10-12)25(29)30/h1-7,10-11H,8-9H2,(H,22,26)(H,23,27)(H,24,28)/b7-4+. The van der Waals surface area contributed by atoms with Crippen molar-refractivity contribution in [3.8, 4) is 0 Å². The number of carbonyl (C=O) groups is 3. The van der Waals surface area contributed by atoms with Crippen molar-refractivity contribution in [2.24, 2.45) is 0 Å². The lowest BCUT2D eigenvalue weighted by Gasteiger charge is -2.08. The Morgan fingerprint density at radius 3 is 2.43 bits per heavy atom. The Morgan fingerprint density at radius 2 is 1.73 bits per heavy atom. The molecular formula is C19H16Cl2N4O5. The molecule has 0 heterocycles. The first-order chi connectivity index (χ1) is 14.2. The van der Waals surface area contributed by atoms with Gasteiger partial charge in [0.1, 0.15) is 0 Å². The number of hydrazine groups is 1. The molecule has 11 heteroatoms. The zero-order valence-electron chi connectivity index (χ0n) is 15.4. The Bertz CT molecular complexity index is 1010. The number of benzene rings is 2. The third-order valence-electron chi connectivity index (χ3n) is 3.62. The number of carbonyl (C=O) groups excluding carboxylic acids is 3. The van der Waals surface area contributed by atoms with Gasteiger partial charge in [0.2, 0.25) is 11.8 Å². The van der Waals surface area contributed by atoms with Crippen LogP contribution in [0.3, 0.4) is 0 Å². The smallest absolute Gasteiger partial charge is 0.270 e. The van der Waals surface area contributed by atoms with E-state index in [0.717, 1.165) is 6.08 Å². The monoisotopic (exact) mass is 450 g/mol. The number of hydrogen-bond acceptors (Lipinski definition) is 5. The van der Waals surface area contributed by atoms with Crippen molar-refractivity contribution in [2.45, 2.75) is 12.8 Å². The van der Waals surface area contributed by atoms with Crippen molar-refractivity contribution in [3.05, 3.63) is 74.3 Å². The lowest BCUT2D eigenvalue weighted by Crippen LogP contribution is -2.41. The fraction of sp³-hybridized carbons (Fsp3) is 0.105. The van der Waals surface area contributed by atoms with E-state index in [9.17, 15) is 24.5 Å². The summed E-state index contributed by atoms with van der Waals surface area (Å²) in [5.41, 5.74) is 5.02. The highest BCUT2D eigenvalue weighted by atomic mass is 35.5. The molecule has 0 spiro atoms. The van der Waals surface area contributed by atoms with Crippen LogP contribution in [0.4, 0.5) is 11.4 Å². The van der Waals surface area contributed by atoms with Crippen molar-refractivity contribution in [1.82, 2.24) is 10.9 Å². The first-order valence-electron chi connectivity index (χ1n) is 8.51. The highest BCUT2D eigenvalue weighted by molar-refractivity contribution is 6.36. The van der Waals surface area contributed by atoms with Crippen LogP contribution in [0.25, 0.3) is 6.08 Å². The number of rotatable bonds is 7. The van der Waals surface area contributed by atoms with Crippen LogP contribution >= 0.6 is 23.2 Å². The number of halogens is 2. The number of anilines is 1. The molecule has 0 atom stereocenters. The molecule has 0 aliphatic heterocycles. The van der Waals surface area contributed by atoms with Crippen LogP contribution in [0.2, 0.25) is 10.0 Å². The molecule has 0 aliphatic rings. The Hall–Kier alpha value is -3.43. The van der Waals surface area contributed by atoms with Gasteiger partial charge in [0.15, 0.2) is 0 Å². The summed E-state index contributed by atoms with van der Waals surface area (Å²) in [5, 5.41) is 14.0. The highest BCUT2D eigenvalue weighted by Crippen LogP contribution is 2.25.